The predicted molar refractivity (Wildman–Crippen MR) is 446 cm³/mol. The average molecular weight is 1840 g/mol. The van der Waals surface area contributed by atoms with E-state index in [2.05, 4.69) is 48.0 Å². The van der Waals surface area contributed by atoms with Crippen molar-refractivity contribution in [2.75, 3.05) is 398 Å². The van der Waals surface area contributed by atoms with Crippen molar-refractivity contribution >= 4 is 53.4 Å². The Morgan fingerprint density at radius 1 is 0.222 bits per heavy atom. The molecule has 0 spiro atoms. The highest BCUT2D eigenvalue weighted by Gasteiger charge is 2.20. The van der Waals surface area contributed by atoms with Crippen molar-refractivity contribution in [1.82, 2.24) is 48.0 Å². The minimum absolute atomic E-state index is 0.00281. The van der Waals surface area contributed by atoms with Crippen molar-refractivity contribution in [1.29, 1.82) is 0 Å². The second-order valence-electron chi connectivity index (χ2n) is 27.3. The first-order valence-corrected chi connectivity index (χ1v) is 42.5. The van der Waals surface area contributed by atoms with Gasteiger partial charge in [-0.25, -0.2) is 4.79 Å². The summed E-state index contributed by atoms with van der Waals surface area (Å²) in [5.74, 6) is -2.83. The zero-order valence-corrected chi connectivity index (χ0v) is 75.5. The van der Waals surface area contributed by atoms with Crippen LogP contribution in [-0.4, -0.2) is 475 Å². The van der Waals surface area contributed by atoms with Gasteiger partial charge in [-0.15, -0.1) is 0 Å². The molecule has 126 heavy (non-hydrogen) atoms. The SMILES string of the molecule is COCCOCCOCC(=O)NCCOCCOCC(COCCOCCNC(=O)COCCOCCOC)OCC(=O)NCCOCCOCC(COCCOCCNC(=O)COC(COCCOCCNC(=O)COCCOCCOC)COCCOCCNC(=O)COCCOCCOC)OCC(=O)NCCC(=O)NCCCCONC(=O)OC(C)(C)C. The fraction of sp³-hybridized carbons (Fsp3) is 0.886. The predicted octanol–water partition coefficient (Wildman–Crippen LogP) is -4.38. The Labute approximate surface area is 741 Å². The molecule has 0 aliphatic heterocycles. The maximum atomic E-state index is 12.9. The van der Waals surface area contributed by atoms with Gasteiger partial charge in [-0.3, -0.25) is 43.2 Å². The number of carbonyl (C=O) groups excluding carboxylic acids is 9. The van der Waals surface area contributed by atoms with Crippen molar-refractivity contribution < 1.29 is 181 Å². The third-order valence-electron chi connectivity index (χ3n) is 15.2. The third-order valence-corrected chi connectivity index (χ3v) is 15.2. The lowest BCUT2D eigenvalue weighted by Gasteiger charge is -2.19. The van der Waals surface area contributed by atoms with E-state index in [1.165, 1.54) is 0 Å². The Bertz CT molecular complexity index is 2340. The number of unbranched alkanes of at least 4 members (excludes halogenated alkanes) is 1. The number of hydrogen-bond acceptors (Lipinski definition) is 38. The van der Waals surface area contributed by atoms with Gasteiger partial charge in [-0.05, 0) is 33.6 Å². The number of methoxy groups -OCH3 is 4. The summed E-state index contributed by atoms with van der Waals surface area (Å²) in [5.41, 5.74) is 1.53. The fourth-order valence-electron chi connectivity index (χ4n) is 9.00. The molecule has 0 unspecified atom stereocenters. The lowest BCUT2D eigenvalue weighted by molar-refractivity contribution is -0.133. The van der Waals surface area contributed by atoms with E-state index in [4.69, 9.17) is 137 Å². The van der Waals surface area contributed by atoms with Crippen molar-refractivity contribution in [3.05, 3.63) is 0 Å². The number of ether oxygens (including phenoxy) is 28. The van der Waals surface area contributed by atoms with Gasteiger partial charge in [-0.2, -0.15) is 5.48 Å². The van der Waals surface area contributed by atoms with E-state index in [1.807, 2.05) is 0 Å². The first-order chi connectivity index (χ1) is 61.4. The number of amides is 9. The van der Waals surface area contributed by atoms with Crippen molar-refractivity contribution in [2.45, 2.75) is 63.9 Å². The number of nitrogens with one attached hydrogen (secondary N) is 9. The van der Waals surface area contributed by atoms with Crippen molar-refractivity contribution in [3.8, 4) is 0 Å². The summed E-state index contributed by atoms with van der Waals surface area (Å²) in [4.78, 5) is 116. The quantitative estimate of drug-likeness (QED) is 0.0205. The zero-order valence-electron chi connectivity index (χ0n) is 75.5. The van der Waals surface area contributed by atoms with Crippen LogP contribution in [0.25, 0.3) is 0 Å². The second-order valence-corrected chi connectivity index (χ2v) is 27.3. The van der Waals surface area contributed by atoms with Gasteiger partial charge in [0.1, 0.15) is 70.2 Å². The lowest BCUT2D eigenvalue weighted by atomic mass is 10.2. The molecule has 0 radical (unpaired) electrons. The van der Waals surface area contributed by atoms with Crippen LogP contribution in [0.4, 0.5) is 4.79 Å². The Morgan fingerprint density at radius 2 is 0.437 bits per heavy atom. The number of rotatable bonds is 98. The van der Waals surface area contributed by atoms with Gasteiger partial charge in [0.25, 0.3) is 0 Å². The van der Waals surface area contributed by atoms with Crippen LogP contribution in [-0.2, 0) is 176 Å². The zero-order chi connectivity index (χ0) is 92.0. The molecule has 0 aromatic carbocycles. The molecular formula is C79H151N9O38. The van der Waals surface area contributed by atoms with E-state index >= 15 is 0 Å². The smallest absolute Gasteiger partial charge is 0.431 e. The molecule has 0 aliphatic rings. The van der Waals surface area contributed by atoms with Crippen LogP contribution >= 0.6 is 0 Å². The summed E-state index contributed by atoms with van der Waals surface area (Å²) in [7, 11) is 6.31. The number of hydrogen-bond donors (Lipinski definition) is 9. The van der Waals surface area contributed by atoms with Gasteiger partial charge in [0.2, 0.25) is 47.3 Å². The van der Waals surface area contributed by atoms with Crippen LogP contribution < -0.4 is 48.0 Å². The van der Waals surface area contributed by atoms with Crippen molar-refractivity contribution in [3.63, 3.8) is 0 Å². The van der Waals surface area contributed by atoms with Gasteiger partial charge in [0, 0.05) is 87.2 Å². The normalized spacial score (nSPS) is 11.5. The van der Waals surface area contributed by atoms with Crippen LogP contribution in [0.15, 0.2) is 0 Å². The van der Waals surface area contributed by atoms with E-state index in [-0.39, 0.29) is 320 Å². The summed E-state index contributed by atoms with van der Waals surface area (Å²) in [6.45, 7) is 14.9. The monoisotopic (exact) mass is 1830 g/mol. The minimum Gasteiger partial charge on any atom is -0.442 e. The molecule has 47 heteroatoms. The third kappa shape index (κ3) is 92.6. The molecule has 0 aromatic heterocycles. The standard InChI is InChI=1S/C79H151N9O38/c1-79(2,3)126-78(97)88-125-19-9-8-11-80-70(89)10-12-81-75(94)64-122-67(54-112-48-38-106-24-17-86-76(95)65-123-68(56-114-44-34-102-20-13-82-71(90)60-118-50-40-108-30-26-98-4)57-115-45-35-103-21-14-83-72(91)61-119-51-41-109-31-27-99-5)55-113-49-39-107-25-18-87-77(96)66-124-69(58-116-46-36-104-22-15-84-73(92)62-120-52-42-110-32-28-100-6)59-117-47-37-105-23-16-85-74(93)63-121-53-43-111-33-29-101-7/h67-69H,8-66H2,1-7H3,(H,80,89)(H,81,94)(H,82,90)(H,83,91)(H,84,92)(H,85,93)(H,86,95)(H,87,96)(H,88,97). The topological polar surface area (TPSA) is 530 Å². The molecule has 47 nitrogen and oxygen atoms in total. The van der Waals surface area contributed by atoms with Crippen LogP contribution in [0.3, 0.4) is 0 Å². The Morgan fingerprint density at radius 3 is 0.690 bits per heavy atom. The highest BCUT2D eigenvalue weighted by atomic mass is 16.7. The minimum atomic E-state index is -0.745. The van der Waals surface area contributed by atoms with Gasteiger partial charge in [-0.1, -0.05) is 0 Å². The Hall–Kier alpha value is -6.09. The van der Waals surface area contributed by atoms with E-state index in [0.29, 0.717) is 98.7 Å². The molecule has 0 fully saturated rings. The maximum absolute atomic E-state index is 12.9. The Kier molecular flexibility index (Phi) is 89.1. The van der Waals surface area contributed by atoms with Gasteiger partial charge in [0.05, 0.1) is 271 Å². The average Bonchev–Trinajstić information content (AvgIpc) is 0.959. The highest BCUT2D eigenvalue weighted by Crippen LogP contribution is 2.07. The largest absolute Gasteiger partial charge is 0.442 e. The van der Waals surface area contributed by atoms with Crippen LogP contribution in [0.2, 0.25) is 0 Å². The second kappa shape index (κ2) is 93.6. The summed E-state index contributed by atoms with van der Waals surface area (Å²) in [6.07, 6.45) is -1.68. The maximum Gasteiger partial charge on any atom is 0.431 e. The first-order valence-electron chi connectivity index (χ1n) is 42.5. The Balaban J connectivity index is 5.36. The number of carbonyl (C=O) groups is 9. The van der Waals surface area contributed by atoms with Crippen LogP contribution in [0.1, 0.15) is 40.0 Å². The summed E-state index contributed by atoms with van der Waals surface area (Å²) in [6, 6.07) is 0. The molecule has 0 aliphatic carbocycles. The molecule has 740 valence electrons. The van der Waals surface area contributed by atoms with Gasteiger partial charge >= 0.3 is 6.09 Å². The van der Waals surface area contributed by atoms with Crippen molar-refractivity contribution in [2.24, 2.45) is 0 Å². The van der Waals surface area contributed by atoms with E-state index < -0.39 is 47.7 Å². The van der Waals surface area contributed by atoms with Crippen LogP contribution in [0.5, 0.6) is 0 Å². The fourth-order valence-corrected chi connectivity index (χ4v) is 9.00. The molecule has 0 heterocycles. The number of hydroxylamine groups is 1. The first kappa shape index (κ1) is 120. The van der Waals surface area contributed by atoms with Crippen LogP contribution in [0, 0.1) is 0 Å². The molecular weight excluding hydrogens is 1680 g/mol. The summed E-state index contributed by atoms with van der Waals surface area (Å²) < 4.78 is 153. The van der Waals surface area contributed by atoms with Gasteiger partial charge < -0.3 is 175 Å². The van der Waals surface area contributed by atoms with E-state index in [0.717, 1.165) is 0 Å². The van der Waals surface area contributed by atoms with E-state index in [9.17, 15) is 43.2 Å². The molecule has 0 rings (SSSR count). The molecule has 0 bridgehead atoms. The lowest BCUT2D eigenvalue weighted by Crippen LogP contribution is -2.36. The molecule has 0 saturated heterocycles. The summed E-state index contributed by atoms with van der Waals surface area (Å²) >= 11 is 0. The molecule has 9 amide bonds. The summed E-state index contributed by atoms with van der Waals surface area (Å²) in [5, 5.41) is 21.7. The van der Waals surface area contributed by atoms with E-state index in [1.54, 1.807) is 49.2 Å². The molecule has 0 aromatic rings. The molecule has 0 atom stereocenters. The van der Waals surface area contributed by atoms with Gasteiger partial charge in [0.15, 0.2) is 0 Å². The highest BCUT2D eigenvalue weighted by molar-refractivity contribution is 5.80. The molecule has 9 N–H and O–H groups in total. The molecule has 0 saturated carbocycles.